The van der Waals surface area contributed by atoms with Gasteiger partial charge in [0, 0.05) is 16.3 Å². The molecule has 2 rings (SSSR count). The van der Waals surface area contributed by atoms with Crippen LogP contribution >= 0.6 is 23.2 Å². The van der Waals surface area contributed by atoms with E-state index in [1.807, 2.05) is 0 Å². The zero-order valence-electron chi connectivity index (χ0n) is 9.36. The van der Waals surface area contributed by atoms with E-state index in [0.717, 1.165) is 25.7 Å². The summed E-state index contributed by atoms with van der Waals surface area (Å²) in [6.07, 6.45) is 3.68. The summed E-state index contributed by atoms with van der Waals surface area (Å²) in [5.41, 5.74) is 5.84. The van der Waals surface area contributed by atoms with Crippen LogP contribution < -0.4 is 5.73 Å². The highest BCUT2D eigenvalue weighted by molar-refractivity contribution is 7.85. The van der Waals surface area contributed by atoms with E-state index in [2.05, 4.69) is 0 Å². The summed E-state index contributed by atoms with van der Waals surface area (Å²) < 4.78 is 12.4. The molecule has 0 spiro atoms. The molecule has 1 aromatic rings. The van der Waals surface area contributed by atoms with E-state index in [0.29, 0.717) is 14.9 Å². The van der Waals surface area contributed by atoms with Gasteiger partial charge in [-0.2, -0.15) is 0 Å². The lowest BCUT2D eigenvalue weighted by Gasteiger charge is -2.25. The van der Waals surface area contributed by atoms with Crippen LogP contribution in [-0.4, -0.2) is 15.5 Å². The SMILES string of the molecule is NC1CCC(S(=O)c2cc(Cl)ccc2Cl)CC1. The quantitative estimate of drug-likeness (QED) is 0.908. The van der Waals surface area contributed by atoms with Crippen LogP contribution in [0, 0.1) is 0 Å². The molecule has 1 unspecified atom stereocenters. The van der Waals surface area contributed by atoms with Crippen LogP contribution in [0.4, 0.5) is 0 Å². The maximum Gasteiger partial charge on any atom is 0.0591 e. The minimum atomic E-state index is -1.08. The highest BCUT2D eigenvalue weighted by Crippen LogP contribution is 2.30. The molecule has 0 aliphatic heterocycles. The van der Waals surface area contributed by atoms with Crippen molar-refractivity contribution in [2.75, 3.05) is 0 Å². The summed E-state index contributed by atoms with van der Waals surface area (Å²) >= 11 is 12.0. The number of halogens is 2. The molecule has 1 fully saturated rings. The van der Waals surface area contributed by atoms with E-state index in [4.69, 9.17) is 28.9 Å². The Kier molecular flexibility index (Phi) is 4.47. The van der Waals surface area contributed by atoms with Crippen molar-refractivity contribution in [2.24, 2.45) is 5.73 Å². The van der Waals surface area contributed by atoms with Gasteiger partial charge in [0.15, 0.2) is 0 Å². The number of nitrogens with two attached hydrogens (primary N) is 1. The zero-order valence-corrected chi connectivity index (χ0v) is 11.7. The lowest BCUT2D eigenvalue weighted by molar-refractivity contribution is 0.444. The molecule has 0 amide bonds. The molecule has 5 heteroatoms. The first-order valence-electron chi connectivity index (χ1n) is 5.69. The molecule has 1 saturated carbocycles. The largest absolute Gasteiger partial charge is 0.328 e. The van der Waals surface area contributed by atoms with E-state index in [9.17, 15) is 4.21 Å². The van der Waals surface area contributed by atoms with Crippen molar-refractivity contribution >= 4 is 34.0 Å². The fourth-order valence-electron chi connectivity index (χ4n) is 2.11. The van der Waals surface area contributed by atoms with Gasteiger partial charge in [0.2, 0.25) is 0 Å². The normalized spacial score (nSPS) is 26.8. The van der Waals surface area contributed by atoms with Crippen LogP contribution in [0.5, 0.6) is 0 Å². The van der Waals surface area contributed by atoms with Crippen molar-refractivity contribution in [2.45, 2.75) is 41.9 Å². The summed E-state index contributed by atoms with van der Waals surface area (Å²) in [5, 5.41) is 1.26. The summed E-state index contributed by atoms with van der Waals surface area (Å²) in [7, 11) is -1.08. The van der Waals surface area contributed by atoms with Gasteiger partial charge in [0.25, 0.3) is 0 Å². The second-order valence-corrected chi connectivity index (χ2v) is 6.95. The highest BCUT2D eigenvalue weighted by atomic mass is 35.5. The Morgan fingerprint density at radius 3 is 2.47 bits per heavy atom. The number of benzene rings is 1. The Morgan fingerprint density at radius 2 is 1.82 bits per heavy atom. The van der Waals surface area contributed by atoms with Gasteiger partial charge in [-0.25, -0.2) is 0 Å². The topological polar surface area (TPSA) is 43.1 Å². The third-order valence-corrected chi connectivity index (χ3v) is 5.66. The minimum absolute atomic E-state index is 0.158. The van der Waals surface area contributed by atoms with Gasteiger partial charge in [0.1, 0.15) is 0 Å². The molecule has 1 aromatic carbocycles. The van der Waals surface area contributed by atoms with E-state index >= 15 is 0 Å². The van der Waals surface area contributed by atoms with E-state index in [1.54, 1.807) is 18.2 Å². The Morgan fingerprint density at radius 1 is 1.18 bits per heavy atom. The van der Waals surface area contributed by atoms with Crippen LogP contribution in [0.1, 0.15) is 25.7 Å². The third kappa shape index (κ3) is 3.22. The fourth-order valence-corrected chi connectivity index (χ4v) is 4.26. The van der Waals surface area contributed by atoms with E-state index in [-0.39, 0.29) is 11.3 Å². The standard InChI is InChI=1S/C12H15Cl2NOS/c13-8-1-6-11(14)12(7-8)17(16)10-4-2-9(15)3-5-10/h1,6-7,9-10H,2-5,15H2. The summed E-state index contributed by atoms with van der Waals surface area (Å²) in [4.78, 5) is 0.652. The molecule has 2 nitrogen and oxygen atoms in total. The van der Waals surface area contributed by atoms with Gasteiger partial charge in [-0.3, -0.25) is 4.21 Å². The molecule has 0 radical (unpaired) electrons. The Bertz CT molecular complexity index is 431. The van der Waals surface area contributed by atoms with Gasteiger partial charge in [0.05, 0.1) is 20.7 Å². The average Bonchev–Trinajstić information content (AvgIpc) is 2.32. The molecule has 2 N–H and O–H groups in total. The zero-order chi connectivity index (χ0) is 12.4. The first-order chi connectivity index (χ1) is 8.08. The Hall–Kier alpha value is -0.0900. The van der Waals surface area contributed by atoms with Crippen molar-refractivity contribution < 1.29 is 4.21 Å². The maximum atomic E-state index is 12.4. The van der Waals surface area contributed by atoms with Gasteiger partial charge in [-0.05, 0) is 43.9 Å². The molecular weight excluding hydrogens is 277 g/mol. The number of hydrogen-bond donors (Lipinski definition) is 1. The smallest absolute Gasteiger partial charge is 0.0591 e. The second-order valence-electron chi connectivity index (χ2n) is 4.41. The van der Waals surface area contributed by atoms with Crippen molar-refractivity contribution in [3.8, 4) is 0 Å². The highest BCUT2D eigenvalue weighted by Gasteiger charge is 2.25. The summed E-state index contributed by atoms with van der Waals surface area (Å²) in [6, 6.07) is 5.37. The predicted molar refractivity (Wildman–Crippen MR) is 73.1 cm³/mol. The van der Waals surface area contributed by atoms with Crippen molar-refractivity contribution in [1.29, 1.82) is 0 Å². The average molecular weight is 292 g/mol. The lowest BCUT2D eigenvalue weighted by Crippen LogP contribution is -2.31. The molecule has 1 aliphatic carbocycles. The molecule has 94 valence electrons. The van der Waals surface area contributed by atoms with E-state index in [1.165, 1.54) is 0 Å². The van der Waals surface area contributed by atoms with Crippen LogP contribution in [0.2, 0.25) is 10.0 Å². The third-order valence-electron chi connectivity index (χ3n) is 3.13. The van der Waals surface area contributed by atoms with Crippen LogP contribution in [0.3, 0.4) is 0 Å². The number of hydrogen-bond acceptors (Lipinski definition) is 2. The predicted octanol–water partition coefficient (Wildman–Crippen LogP) is 3.37. The van der Waals surface area contributed by atoms with Crippen molar-refractivity contribution in [1.82, 2.24) is 0 Å². The van der Waals surface area contributed by atoms with Gasteiger partial charge < -0.3 is 5.73 Å². The first-order valence-corrected chi connectivity index (χ1v) is 7.66. The first kappa shape index (κ1) is 13.3. The molecule has 0 aromatic heterocycles. The molecule has 1 atom stereocenters. The van der Waals surface area contributed by atoms with Crippen molar-refractivity contribution in [3.63, 3.8) is 0 Å². The maximum absolute atomic E-state index is 12.4. The van der Waals surface area contributed by atoms with Crippen LogP contribution in [-0.2, 0) is 10.8 Å². The van der Waals surface area contributed by atoms with Crippen LogP contribution in [0.15, 0.2) is 23.1 Å². The fraction of sp³-hybridized carbons (Fsp3) is 0.500. The summed E-state index contributed by atoms with van der Waals surface area (Å²) in [6.45, 7) is 0. The summed E-state index contributed by atoms with van der Waals surface area (Å²) in [5.74, 6) is 0. The monoisotopic (exact) mass is 291 g/mol. The van der Waals surface area contributed by atoms with Gasteiger partial charge in [-0.15, -0.1) is 0 Å². The Balaban J connectivity index is 2.16. The molecule has 0 heterocycles. The van der Waals surface area contributed by atoms with Gasteiger partial charge in [-0.1, -0.05) is 23.2 Å². The van der Waals surface area contributed by atoms with Crippen molar-refractivity contribution in [3.05, 3.63) is 28.2 Å². The van der Waals surface area contributed by atoms with Crippen LogP contribution in [0.25, 0.3) is 0 Å². The number of rotatable bonds is 2. The minimum Gasteiger partial charge on any atom is -0.328 e. The molecule has 17 heavy (non-hydrogen) atoms. The second kappa shape index (κ2) is 5.70. The molecular formula is C12H15Cl2NOS. The lowest BCUT2D eigenvalue weighted by atomic mass is 9.96. The molecule has 0 saturated heterocycles. The van der Waals surface area contributed by atoms with Gasteiger partial charge >= 0.3 is 0 Å². The molecule has 0 bridgehead atoms. The Labute approximate surface area is 114 Å². The molecule has 1 aliphatic rings. The van der Waals surface area contributed by atoms with E-state index < -0.39 is 10.8 Å².